The molecule has 1 fully saturated rings. The van der Waals surface area contributed by atoms with Gasteiger partial charge in [0.1, 0.15) is 5.01 Å². The topological polar surface area (TPSA) is 36.4 Å². The Morgan fingerprint density at radius 1 is 1.38 bits per heavy atom. The predicted molar refractivity (Wildman–Crippen MR) is 64.7 cm³/mol. The molecular formula is C12H18N2OS. The van der Waals surface area contributed by atoms with Gasteiger partial charge in [0.15, 0.2) is 0 Å². The third-order valence-corrected chi connectivity index (χ3v) is 4.62. The molecule has 2 heterocycles. The van der Waals surface area contributed by atoms with Crippen LogP contribution in [-0.4, -0.2) is 34.2 Å². The number of aromatic nitrogens is 1. The normalized spacial score (nSPS) is 25.9. The quantitative estimate of drug-likeness (QED) is 0.850. The maximum absolute atomic E-state index is 9.62. The molecule has 0 spiro atoms. The van der Waals surface area contributed by atoms with Gasteiger partial charge in [-0.25, -0.2) is 4.98 Å². The van der Waals surface area contributed by atoms with E-state index >= 15 is 0 Å². The number of rotatable bonds is 2. The zero-order chi connectivity index (χ0) is 11.0. The third-order valence-electron chi connectivity index (χ3n) is 3.48. The van der Waals surface area contributed by atoms with Crippen molar-refractivity contribution in [3.63, 3.8) is 0 Å². The number of piperidine rings is 1. The number of aliphatic hydroxyl groups is 1. The van der Waals surface area contributed by atoms with Crippen LogP contribution in [0.25, 0.3) is 0 Å². The van der Waals surface area contributed by atoms with Gasteiger partial charge in [0, 0.05) is 11.4 Å². The number of hydrogen-bond donors (Lipinski definition) is 1. The van der Waals surface area contributed by atoms with E-state index in [0.717, 1.165) is 32.5 Å². The molecule has 3 nitrogen and oxygen atoms in total. The Bertz CT molecular complexity index is 356. The highest BCUT2D eigenvalue weighted by atomic mass is 32.1. The largest absolute Gasteiger partial charge is 0.392 e. The number of aryl methyl sites for hydroxylation is 2. The zero-order valence-electron chi connectivity index (χ0n) is 9.48. The molecule has 0 bridgehead atoms. The van der Waals surface area contributed by atoms with Gasteiger partial charge >= 0.3 is 0 Å². The molecule has 1 N–H and O–H groups in total. The minimum Gasteiger partial charge on any atom is -0.392 e. The zero-order valence-corrected chi connectivity index (χ0v) is 10.3. The summed E-state index contributed by atoms with van der Waals surface area (Å²) in [6.45, 7) is 2.88. The van der Waals surface area contributed by atoms with Crippen LogP contribution in [-0.2, 0) is 19.4 Å². The lowest BCUT2D eigenvalue weighted by atomic mass is 10.1. The first-order valence-corrected chi connectivity index (χ1v) is 7.01. The first-order chi connectivity index (χ1) is 7.81. The second-order valence-electron chi connectivity index (χ2n) is 4.86. The summed E-state index contributed by atoms with van der Waals surface area (Å²) in [6.07, 6.45) is 5.65. The van der Waals surface area contributed by atoms with Crippen molar-refractivity contribution in [3.05, 3.63) is 15.6 Å². The summed E-state index contributed by atoms with van der Waals surface area (Å²) in [5, 5.41) is 10.9. The van der Waals surface area contributed by atoms with Gasteiger partial charge in [-0.05, 0) is 38.6 Å². The first-order valence-electron chi connectivity index (χ1n) is 6.19. The van der Waals surface area contributed by atoms with Crippen LogP contribution in [0.3, 0.4) is 0 Å². The third kappa shape index (κ3) is 2.14. The lowest BCUT2D eigenvalue weighted by Gasteiger charge is -2.29. The summed E-state index contributed by atoms with van der Waals surface area (Å²) in [4.78, 5) is 8.55. The van der Waals surface area contributed by atoms with E-state index in [2.05, 4.69) is 4.90 Å². The van der Waals surface area contributed by atoms with Crippen molar-refractivity contribution in [1.82, 2.24) is 9.88 Å². The average Bonchev–Trinajstić information content (AvgIpc) is 2.77. The molecule has 0 amide bonds. The molecule has 4 heteroatoms. The van der Waals surface area contributed by atoms with Gasteiger partial charge < -0.3 is 5.11 Å². The highest BCUT2D eigenvalue weighted by Crippen LogP contribution is 2.28. The van der Waals surface area contributed by atoms with Crippen LogP contribution in [0.2, 0.25) is 0 Å². The van der Waals surface area contributed by atoms with E-state index in [-0.39, 0.29) is 6.10 Å². The summed E-state index contributed by atoms with van der Waals surface area (Å²) in [6, 6.07) is 0. The van der Waals surface area contributed by atoms with E-state index in [9.17, 15) is 5.11 Å². The van der Waals surface area contributed by atoms with Gasteiger partial charge in [-0.1, -0.05) is 0 Å². The van der Waals surface area contributed by atoms with E-state index in [4.69, 9.17) is 4.98 Å². The van der Waals surface area contributed by atoms with Crippen LogP contribution >= 0.6 is 11.3 Å². The predicted octanol–water partition coefficient (Wildman–Crippen LogP) is 1.59. The summed E-state index contributed by atoms with van der Waals surface area (Å²) in [5.74, 6) is 0. The Balaban J connectivity index is 1.65. The fraction of sp³-hybridized carbons (Fsp3) is 0.750. The molecule has 0 saturated carbocycles. The fourth-order valence-electron chi connectivity index (χ4n) is 2.68. The molecule has 1 aliphatic heterocycles. The van der Waals surface area contributed by atoms with Crippen LogP contribution < -0.4 is 0 Å². The SMILES string of the molecule is OC1CCCN(Cc2nc3c(s2)CCC3)C1. The molecule has 1 unspecified atom stereocenters. The van der Waals surface area contributed by atoms with Crippen LogP contribution in [0.15, 0.2) is 0 Å². The van der Waals surface area contributed by atoms with Crippen molar-refractivity contribution in [2.24, 2.45) is 0 Å². The Labute approximate surface area is 100 Å². The highest BCUT2D eigenvalue weighted by Gasteiger charge is 2.21. The Morgan fingerprint density at radius 3 is 3.12 bits per heavy atom. The molecule has 16 heavy (non-hydrogen) atoms. The van der Waals surface area contributed by atoms with Gasteiger partial charge in [0.05, 0.1) is 18.3 Å². The summed E-state index contributed by atoms with van der Waals surface area (Å²) in [7, 11) is 0. The molecule has 3 rings (SSSR count). The molecular weight excluding hydrogens is 220 g/mol. The highest BCUT2D eigenvalue weighted by molar-refractivity contribution is 7.11. The number of hydrogen-bond acceptors (Lipinski definition) is 4. The van der Waals surface area contributed by atoms with Crippen molar-refractivity contribution < 1.29 is 5.11 Å². The van der Waals surface area contributed by atoms with Crippen LogP contribution in [0.5, 0.6) is 0 Å². The molecule has 88 valence electrons. The lowest BCUT2D eigenvalue weighted by molar-refractivity contribution is 0.0668. The number of β-amino-alcohol motifs (C(OH)–C–C–N with tert-alkyl or cyclic N) is 1. The molecule has 1 aliphatic carbocycles. The van der Waals surface area contributed by atoms with E-state index in [0.29, 0.717) is 0 Å². The monoisotopic (exact) mass is 238 g/mol. The summed E-state index contributed by atoms with van der Waals surface area (Å²) < 4.78 is 0. The van der Waals surface area contributed by atoms with E-state index < -0.39 is 0 Å². The Morgan fingerprint density at radius 2 is 2.31 bits per heavy atom. The maximum atomic E-state index is 9.62. The minimum absolute atomic E-state index is 0.124. The molecule has 0 aromatic carbocycles. The van der Waals surface area contributed by atoms with Gasteiger partial charge in [-0.15, -0.1) is 11.3 Å². The van der Waals surface area contributed by atoms with E-state index in [1.54, 1.807) is 0 Å². The van der Waals surface area contributed by atoms with Crippen molar-refractivity contribution >= 4 is 11.3 Å². The minimum atomic E-state index is -0.124. The molecule has 1 aromatic heterocycles. The summed E-state index contributed by atoms with van der Waals surface area (Å²) >= 11 is 1.88. The van der Waals surface area contributed by atoms with E-state index in [1.165, 1.54) is 34.8 Å². The van der Waals surface area contributed by atoms with E-state index in [1.807, 2.05) is 11.3 Å². The second-order valence-corrected chi connectivity index (χ2v) is 6.03. The standard InChI is InChI=1S/C12H18N2OS/c15-9-3-2-6-14(7-9)8-12-13-10-4-1-5-11(10)16-12/h9,15H,1-8H2. The summed E-state index contributed by atoms with van der Waals surface area (Å²) in [5.41, 5.74) is 1.34. The maximum Gasteiger partial charge on any atom is 0.107 e. The van der Waals surface area contributed by atoms with Gasteiger partial charge in [-0.2, -0.15) is 0 Å². The number of thiazole rings is 1. The van der Waals surface area contributed by atoms with Crippen LogP contribution in [0, 0.1) is 0 Å². The molecule has 1 saturated heterocycles. The van der Waals surface area contributed by atoms with Crippen molar-refractivity contribution in [1.29, 1.82) is 0 Å². The van der Waals surface area contributed by atoms with Crippen LogP contribution in [0.4, 0.5) is 0 Å². The smallest absolute Gasteiger partial charge is 0.107 e. The number of aliphatic hydroxyl groups excluding tert-OH is 1. The lowest BCUT2D eigenvalue weighted by Crippen LogP contribution is -2.37. The number of nitrogens with zero attached hydrogens (tertiary/aromatic N) is 2. The van der Waals surface area contributed by atoms with Crippen molar-refractivity contribution in [3.8, 4) is 0 Å². The molecule has 2 aliphatic rings. The Kier molecular flexibility index (Phi) is 2.96. The first kappa shape index (κ1) is 10.7. The Hall–Kier alpha value is -0.450. The molecule has 1 aromatic rings. The fourth-order valence-corrected chi connectivity index (χ4v) is 3.88. The van der Waals surface area contributed by atoms with Crippen molar-refractivity contribution in [2.75, 3.05) is 13.1 Å². The molecule has 1 atom stereocenters. The number of likely N-dealkylation sites (tertiary alicyclic amines) is 1. The second kappa shape index (κ2) is 4.43. The average molecular weight is 238 g/mol. The number of fused-ring (bicyclic) bond motifs is 1. The van der Waals surface area contributed by atoms with Crippen molar-refractivity contribution in [2.45, 2.75) is 44.8 Å². The van der Waals surface area contributed by atoms with Crippen LogP contribution in [0.1, 0.15) is 34.8 Å². The van der Waals surface area contributed by atoms with Gasteiger partial charge in [-0.3, -0.25) is 4.90 Å². The van der Waals surface area contributed by atoms with Gasteiger partial charge in [0.2, 0.25) is 0 Å². The molecule has 0 radical (unpaired) electrons. The van der Waals surface area contributed by atoms with Gasteiger partial charge in [0.25, 0.3) is 0 Å².